The van der Waals surface area contributed by atoms with Gasteiger partial charge in [0.15, 0.2) is 0 Å². The summed E-state index contributed by atoms with van der Waals surface area (Å²) in [5.74, 6) is 0.445. The lowest BCUT2D eigenvalue weighted by molar-refractivity contribution is -0.117. The van der Waals surface area contributed by atoms with Crippen LogP contribution < -0.4 is 5.32 Å². The van der Waals surface area contributed by atoms with Gasteiger partial charge in [-0.15, -0.1) is 0 Å². The first-order valence-corrected chi connectivity index (χ1v) is 11.8. The Morgan fingerprint density at radius 1 is 1.03 bits per heavy atom. The number of nitrogens with one attached hydrogen (secondary N) is 1. The second-order valence-electron chi connectivity index (χ2n) is 9.21. The summed E-state index contributed by atoms with van der Waals surface area (Å²) in [5, 5.41) is 12.6. The molecule has 31 heavy (non-hydrogen) atoms. The van der Waals surface area contributed by atoms with E-state index in [9.17, 15) is 10.1 Å². The van der Waals surface area contributed by atoms with Gasteiger partial charge in [-0.3, -0.25) is 4.79 Å². The molecule has 0 atom stereocenters. The highest BCUT2D eigenvalue weighted by atomic mass is 16.1. The number of carbonyl (C=O) groups excluding carboxylic acids is 1. The minimum Gasteiger partial charge on any atom is -0.349 e. The molecule has 1 aromatic carbocycles. The summed E-state index contributed by atoms with van der Waals surface area (Å²) in [5.41, 5.74) is 5.82. The first-order chi connectivity index (χ1) is 15.1. The second kappa shape index (κ2) is 9.56. The highest BCUT2D eigenvalue weighted by molar-refractivity contribution is 6.02. The molecule has 2 saturated carbocycles. The van der Waals surface area contributed by atoms with Crippen LogP contribution in [-0.2, 0) is 4.79 Å². The van der Waals surface area contributed by atoms with E-state index in [1.165, 1.54) is 37.7 Å². The van der Waals surface area contributed by atoms with Crippen molar-refractivity contribution < 1.29 is 4.79 Å². The van der Waals surface area contributed by atoms with Crippen LogP contribution in [0.1, 0.15) is 86.2 Å². The number of nitriles is 1. The number of nitrogens with zero attached hydrogens (tertiary/aromatic N) is 2. The minimum absolute atomic E-state index is 0.180. The average molecular weight is 416 g/mol. The average Bonchev–Trinajstić information content (AvgIpc) is 3.40. The zero-order valence-electron chi connectivity index (χ0n) is 18.8. The van der Waals surface area contributed by atoms with Crippen LogP contribution in [0.15, 0.2) is 35.9 Å². The van der Waals surface area contributed by atoms with E-state index in [0.29, 0.717) is 5.92 Å². The summed E-state index contributed by atoms with van der Waals surface area (Å²) in [6.07, 6.45) is 12.7. The number of benzene rings is 1. The third-order valence-corrected chi connectivity index (χ3v) is 7.05. The van der Waals surface area contributed by atoms with E-state index < -0.39 is 0 Å². The Bertz CT molecular complexity index is 994. The number of amides is 1. The highest BCUT2D eigenvalue weighted by Crippen LogP contribution is 2.33. The van der Waals surface area contributed by atoms with Crippen molar-refractivity contribution in [1.82, 2.24) is 9.88 Å². The molecule has 1 amide bonds. The molecule has 1 aromatic heterocycles. The highest BCUT2D eigenvalue weighted by Gasteiger charge is 2.20. The predicted octanol–water partition coefficient (Wildman–Crippen LogP) is 6.11. The lowest BCUT2D eigenvalue weighted by Gasteiger charge is -2.22. The molecule has 0 unspecified atom stereocenters. The Morgan fingerprint density at radius 2 is 1.68 bits per heavy atom. The van der Waals surface area contributed by atoms with Crippen molar-refractivity contribution >= 4 is 12.0 Å². The van der Waals surface area contributed by atoms with E-state index in [4.69, 9.17) is 0 Å². The standard InChI is InChI=1S/C27H33N3O/c1-19-16-23(17-24(18-28)27(31)29-25-10-6-7-11-25)20(2)30(19)26-14-12-22(13-15-26)21-8-4-3-5-9-21/h12-17,21,25H,3-11H2,1-2H3,(H,29,31)/b24-17+. The van der Waals surface area contributed by atoms with Crippen LogP contribution in [0.25, 0.3) is 11.8 Å². The molecule has 1 heterocycles. The van der Waals surface area contributed by atoms with Crippen molar-refractivity contribution in [3.05, 3.63) is 58.4 Å². The van der Waals surface area contributed by atoms with Crippen LogP contribution in [0.2, 0.25) is 0 Å². The molecule has 2 fully saturated rings. The van der Waals surface area contributed by atoms with E-state index in [1.807, 2.05) is 0 Å². The lowest BCUT2D eigenvalue weighted by atomic mass is 9.84. The van der Waals surface area contributed by atoms with Crippen molar-refractivity contribution in [3.8, 4) is 11.8 Å². The van der Waals surface area contributed by atoms with Crippen LogP contribution in [0.3, 0.4) is 0 Å². The zero-order chi connectivity index (χ0) is 21.8. The maximum absolute atomic E-state index is 12.6. The van der Waals surface area contributed by atoms with Crippen LogP contribution in [-0.4, -0.2) is 16.5 Å². The van der Waals surface area contributed by atoms with Crippen molar-refractivity contribution in [2.24, 2.45) is 0 Å². The monoisotopic (exact) mass is 415 g/mol. The summed E-state index contributed by atoms with van der Waals surface area (Å²) < 4.78 is 2.21. The molecule has 0 bridgehead atoms. The molecule has 2 aliphatic carbocycles. The second-order valence-corrected chi connectivity index (χ2v) is 9.21. The molecule has 162 valence electrons. The van der Waals surface area contributed by atoms with E-state index in [2.05, 4.69) is 60.1 Å². The molecule has 2 aliphatic rings. The van der Waals surface area contributed by atoms with Gasteiger partial charge in [0.2, 0.25) is 0 Å². The number of hydrogen-bond acceptors (Lipinski definition) is 2. The first-order valence-electron chi connectivity index (χ1n) is 11.8. The Kier molecular flexibility index (Phi) is 6.61. The van der Waals surface area contributed by atoms with Gasteiger partial charge in [-0.1, -0.05) is 44.2 Å². The topological polar surface area (TPSA) is 57.8 Å². The third kappa shape index (κ3) is 4.77. The summed E-state index contributed by atoms with van der Waals surface area (Å²) in [7, 11) is 0. The predicted molar refractivity (Wildman–Crippen MR) is 125 cm³/mol. The number of rotatable bonds is 5. The number of aromatic nitrogens is 1. The van der Waals surface area contributed by atoms with Gasteiger partial charge in [0, 0.05) is 23.1 Å². The molecule has 1 N–H and O–H groups in total. The quantitative estimate of drug-likeness (QED) is 0.473. The zero-order valence-corrected chi connectivity index (χ0v) is 18.8. The molecule has 0 saturated heterocycles. The van der Waals surface area contributed by atoms with E-state index in [0.717, 1.165) is 48.3 Å². The molecular weight excluding hydrogens is 382 g/mol. The summed E-state index contributed by atoms with van der Waals surface area (Å²) in [6.45, 7) is 4.13. The Balaban J connectivity index is 1.55. The van der Waals surface area contributed by atoms with Gasteiger partial charge in [-0.05, 0) is 80.9 Å². The molecule has 0 aliphatic heterocycles. The minimum atomic E-state index is -0.254. The van der Waals surface area contributed by atoms with Crippen LogP contribution in [0.5, 0.6) is 0 Å². The van der Waals surface area contributed by atoms with Crippen LogP contribution in [0, 0.1) is 25.2 Å². The molecule has 0 radical (unpaired) electrons. The van der Waals surface area contributed by atoms with Gasteiger partial charge in [-0.2, -0.15) is 5.26 Å². The van der Waals surface area contributed by atoms with E-state index >= 15 is 0 Å². The maximum atomic E-state index is 12.6. The number of carbonyl (C=O) groups is 1. The van der Waals surface area contributed by atoms with Crippen molar-refractivity contribution in [2.45, 2.75) is 83.6 Å². The normalized spacial score (nSPS) is 18.2. The lowest BCUT2D eigenvalue weighted by Crippen LogP contribution is -2.33. The number of aryl methyl sites for hydroxylation is 1. The SMILES string of the molecule is Cc1cc(/C=C(\C#N)C(=O)NC2CCCC2)c(C)n1-c1ccc(C2CCCCC2)cc1. The summed E-state index contributed by atoms with van der Waals surface area (Å²) in [4.78, 5) is 12.6. The summed E-state index contributed by atoms with van der Waals surface area (Å²) in [6, 6.07) is 13.3. The Morgan fingerprint density at radius 3 is 2.32 bits per heavy atom. The molecule has 4 heteroatoms. The van der Waals surface area contributed by atoms with Gasteiger partial charge in [0.05, 0.1) is 0 Å². The van der Waals surface area contributed by atoms with E-state index in [-0.39, 0.29) is 17.5 Å². The molecular formula is C27H33N3O. The maximum Gasteiger partial charge on any atom is 0.262 e. The Hall–Kier alpha value is -2.80. The van der Waals surface area contributed by atoms with Crippen LogP contribution in [0.4, 0.5) is 0 Å². The fourth-order valence-corrected chi connectivity index (χ4v) is 5.30. The molecule has 2 aromatic rings. The van der Waals surface area contributed by atoms with E-state index in [1.54, 1.807) is 6.08 Å². The number of hydrogen-bond donors (Lipinski definition) is 1. The molecule has 0 spiro atoms. The van der Waals surface area contributed by atoms with Crippen LogP contribution >= 0.6 is 0 Å². The fourth-order valence-electron chi connectivity index (χ4n) is 5.30. The Labute approximate surface area is 186 Å². The fraction of sp³-hybridized carbons (Fsp3) is 0.481. The van der Waals surface area contributed by atoms with Gasteiger partial charge in [-0.25, -0.2) is 0 Å². The molecule has 4 nitrogen and oxygen atoms in total. The third-order valence-electron chi connectivity index (χ3n) is 7.05. The van der Waals surface area contributed by atoms with Gasteiger partial charge >= 0.3 is 0 Å². The summed E-state index contributed by atoms with van der Waals surface area (Å²) >= 11 is 0. The smallest absolute Gasteiger partial charge is 0.262 e. The largest absolute Gasteiger partial charge is 0.349 e. The van der Waals surface area contributed by atoms with Gasteiger partial charge in [0.25, 0.3) is 5.91 Å². The first kappa shape index (κ1) is 21.4. The molecule has 4 rings (SSSR count). The van der Waals surface area contributed by atoms with Crippen molar-refractivity contribution in [1.29, 1.82) is 5.26 Å². The van der Waals surface area contributed by atoms with Gasteiger partial charge < -0.3 is 9.88 Å². The van der Waals surface area contributed by atoms with Gasteiger partial charge in [0.1, 0.15) is 11.6 Å². The van der Waals surface area contributed by atoms with Crippen molar-refractivity contribution in [3.63, 3.8) is 0 Å². The van der Waals surface area contributed by atoms with Crippen molar-refractivity contribution in [2.75, 3.05) is 0 Å².